The summed E-state index contributed by atoms with van der Waals surface area (Å²) in [6.07, 6.45) is 9.41. The smallest absolute Gasteiger partial charge is 0.0271 e. The Morgan fingerprint density at radius 2 is 1.93 bits per heavy atom. The molecule has 14 heavy (non-hydrogen) atoms. The molecule has 0 aromatic carbocycles. The van der Waals surface area contributed by atoms with Gasteiger partial charge in [0.2, 0.25) is 0 Å². The fourth-order valence-electron chi connectivity index (χ4n) is 2.14. The van der Waals surface area contributed by atoms with Crippen LogP contribution in [0.15, 0.2) is 24.5 Å². The van der Waals surface area contributed by atoms with Crippen LogP contribution in [0.3, 0.4) is 0 Å². The first kappa shape index (κ1) is 9.66. The second kappa shape index (κ2) is 5.11. The zero-order valence-electron chi connectivity index (χ0n) is 8.58. The maximum absolute atomic E-state index is 4.00. The van der Waals surface area contributed by atoms with Gasteiger partial charge in [-0.3, -0.25) is 4.98 Å². The first-order chi connectivity index (χ1) is 6.95. The lowest BCUT2D eigenvalue weighted by Crippen LogP contribution is -2.20. The summed E-state index contributed by atoms with van der Waals surface area (Å²) in [5.41, 5.74) is 1.33. The van der Waals surface area contributed by atoms with E-state index in [1.807, 2.05) is 12.4 Å². The Balaban J connectivity index is 1.67. The van der Waals surface area contributed by atoms with E-state index in [9.17, 15) is 0 Å². The Hall–Kier alpha value is -0.890. The molecule has 1 aliphatic carbocycles. The molecule has 1 aromatic heterocycles. The molecule has 0 bridgehead atoms. The number of aromatic nitrogens is 1. The van der Waals surface area contributed by atoms with Gasteiger partial charge in [0.25, 0.3) is 0 Å². The van der Waals surface area contributed by atoms with Crippen molar-refractivity contribution in [1.82, 2.24) is 10.3 Å². The van der Waals surface area contributed by atoms with Gasteiger partial charge in [0.05, 0.1) is 0 Å². The average molecular weight is 190 g/mol. The van der Waals surface area contributed by atoms with Gasteiger partial charge in [-0.25, -0.2) is 0 Å². The van der Waals surface area contributed by atoms with Crippen molar-refractivity contribution in [3.8, 4) is 0 Å². The minimum atomic E-state index is 0.928. The molecule has 1 aromatic rings. The van der Waals surface area contributed by atoms with Crippen LogP contribution in [0, 0.1) is 5.92 Å². The van der Waals surface area contributed by atoms with Crippen molar-refractivity contribution in [3.63, 3.8) is 0 Å². The Bertz CT molecular complexity index is 252. The quantitative estimate of drug-likeness (QED) is 0.788. The number of nitrogens with one attached hydrogen (secondary N) is 1. The first-order valence-electron chi connectivity index (χ1n) is 5.55. The monoisotopic (exact) mass is 190 g/mol. The second-order valence-corrected chi connectivity index (χ2v) is 4.14. The van der Waals surface area contributed by atoms with Crippen molar-refractivity contribution in [2.75, 3.05) is 6.54 Å². The summed E-state index contributed by atoms with van der Waals surface area (Å²) >= 11 is 0. The standard InChI is InChI=1S/C12H18N2/c1-2-4-11(3-1)9-14-10-12-5-7-13-8-6-12/h5-8,11,14H,1-4,9-10H2. The number of hydrogen-bond donors (Lipinski definition) is 1. The zero-order valence-corrected chi connectivity index (χ0v) is 8.58. The predicted octanol–water partition coefficient (Wildman–Crippen LogP) is 2.36. The van der Waals surface area contributed by atoms with E-state index >= 15 is 0 Å². The average Bonchev–Trinajstić information content (AvgIpc) is 2.72. The number of nitrogens with zero attached hydrogens (tertiary/aromatic N) is 1. The van der Waals surface area contributed by atoms with Crippen LogP contribution in [0.2, 0.25) is 0 Å². The molecule has 0 atom stereocenters. The largest absolute Gasteiger partial charge is 0.312 e. The van der Waals surface area contributed by atoms with Gasteiger partial charge in [-0.1, -0.05) is 12.8 Å². The van der Waals surface area contributed by atoms with Gasteiger partial charge in [0, 0.05) is 18.9 Å². The molecule has 2 heteroatoms. The molecule has 0 radical (unpaired) electrons. The van der Waals surface area contributed by atoms with E-state index in [4.69, 9.17) is 0 Å². The molecule has 1 heterocycles. The van der Waals surface area contributed by atoms with Crippen LogP contribution in [0.5, 0.6) is 0 Å². The number of pyridine rings is 1. The third-order valence-electron chi connectivity index (χ3n) is 2.99. The van der Waals surface area contributed by atoms with Gasteiger partial charge >= 0.3 is 0 Å². The summed E-state index contributed by atoms with van der Waals surface area (Å²) in [4.78, 5) is 4.00. The van der Waals surface area contributed by atoms with E-state index < -0.39 is 0 Å². The topological polar surface area (TPSA) is 24.9 Å². The van der Waals surface area contributed by atoms with Crippen molar-refractivity contribution >= 4 is 0 Å². The van der Waals surface area contributed by atoms with Crippen LogP contribution in [0.1, 0.15) is 31.2 Å². The van der Waals surface area contributed by atoms with Gasteiger partial charge in [-0.2, -0.15) is 0 Å². The van der Waals surface area contributed by atoms with Crippen molar-refractivity contribution in [3.05, 3.63) is 30.1 Å². The van der Waals surface area contributed by atoms with Gasteiger partial charge in [0.1, 0.15) is 0 Å². The molecule has 0 amide bonds. The van der Waals surface area contributed by atoms with Crippen LogP contribution in [0.25, 0.3) is 0 Å². The normalized spacial score (nSPS) is 17.4. The second-order valence-electron chi connectivity index (χ2n) is 4.14. The molecule has 2 nitrogen and oxygen atoms in total. The first-order valence-corrected chi connectivity index (χ1v) is 5.55. The van der Waals surface area contributed by atoms with Crippen molar-refractivity contribution < 1.29 is 0 Å². The van der Waals surface area contributed by atoms with Crippen molar-refractivity contribution in [2.45, 2.75) is 32.2 Å². The highest BCUT2D eigenvalue weighted by molar-refractivity contribution is 5.08. The van der Waals surface area contributed by atoms with Crippen LogP contribution >= 0.6 is 0 Å². The van der Waals surface area contributed by atoms with E-state index in [2.05, 4.69) is 22.4 Å². The summed E-state index contributed by atoms with van der Waals surface area (Å²) in [5.74, 6) is 0.928. The molecule has 2 rings (SSSR count). The van der Waals surface area contributed by atoms with Crippen LogP contribution in [-0.2, 0) is 6.54 Å². The summed E-state index contributed by atoms with van der Waals surface area (Å²) in [6, 6.07) is 4.14. The number of hydrogen-bond acceptors (Lipinski definition) is 2. The summed E-state index contributed by atoms with van der Waals surface area (Å²) < 4.78 is 0. The van der Waals surface area contributed by atoms with Crippen LogP contribution in [0.4, 0.5) is 0 Å². The minimum Gasteiger partial charge on any atom is -0.312 e. The summed E-state index contributed by atoms with van der Waals surface area (Å²) in [7, 11) is 0. The molecule has 1 aliphatic rings. The molecule has 0 unspecified atom stereocenters. The Labute approximate surface area is 85.7 Å². The molecule has 1 fully saturated rings. The molecule has 76 valence electrons. The van der Waals surface area contributed by atoms with E-state index in [-0.39, 0.29) is 0 Å². The molecule has 0 aliphatic heterocycles. The van der Waals surface area contributed by atoms with E-state index in [0.717, 1.165) is 12.5 Å². The minimum absolute atomic E-state index is 0.928. The maximum Gasteiger partial charge on any atom is 0.0271 e. The third kappa shape index (κ3) is 2.81. The highest BCUT2D eigenvalue weighted by Gasteiger charge is 2.13. The highest BCUT2D eigenvalue weighted by Crippen LogP contribution is 2.23. The lowest BCUT2D eigenvalue weighted by atomic mass is 10.1. The fraction of sp³-hybridized carbons (Fsp3) is 0.583. The Kier molecular flexibility index (Phi) is 3.52. The van der Waals surface area contributed by atoms with Crippen LogP contribution < -0.4 is 5.32 Å². The maximum atomic E-state index is 4.00. The van der Waals surface area contributed by atoms with Gasteiger partial charge in [-0.05, 0) is 43.0 Å². The molecule has 1 saturated carbocycles. The third-order valence-corrected chi connectivity index (χ3v) is 2.99. The molecule has 0 saturated heterocycles. The number of rotatable bonds is 4. The SMILES string of the molecule is c1cc(CNCC2CCCC2)ccn1. The van der Waals surface area contributed by atoms with E-state index in [1.54, 1.807) is 0 Å². The van der Waals surface area contributed by atoms with E-state index in [1.165, 1.54) is 37.8 Å². The van der Waals surface area contributed by atoms with Gasteiger partial charge in [0.15, 0.2) is 0 Å². The summed E-state index contributed by atoms with van der Waals surface area (Å²) in [5, 5.41) is 3.52. The van der Waals surface area contributed by atoms with Gasteiger partial charge < -0.3 is 5.32 Å². The van der Waals surface area contributed by atoms with Gasteiger partial charge in [-0.15, -0.1) is 0 Å². The van der Waals surface area contributed by atoms with Crippen molar-refractivity contribution in [1.29, 1.82) is 0 Å². The highest BCUT2D eigenvalue weighted by atomic mass is 14.9. The lowest BCUT2D eigenvalue weighted by molar-refractivity contribution is 0.489. The zero-order chi connectivity index (χ0) is 9.64. The summed E-state index contributed by atoms with van der Waals surface area (Å²) in [6.45, 7) is 2.17. The van der Waals surface area contributed by atoms with Crippen LogP contribution in [-0.4, -0.2) is 11.5 Å². The predicted molar refractivity (Wildman–Crippen MR) is 57.9 cm³/mol. The lowest BCUT2D eigenvalue weighted by Gasteiger charge is -2.10. The van der Waals surface area contributed by atoms with Crippen molar-refractivity contribution in [2.24, 2.45) is 5.92 Å². The Morgan fingerprint density at radius 1 is 1.21 bits per heavy atom. The Morgan fingerprint density at radius 3 is 2.64 bits per heavy atom. The molecule has 1 N–H and O–H groups in total. The molecular weight excluding hydrogens is 172 g/mol. The molecule has 0 spiro atoms. The molecular formula is C12H18N2. The van der Waals surface area contributed by atoms with E-state index in [0.29, 0.717) is 0 Å². The fourth-order valence-corrected chi connectivity index (χ4v) is 2.14.